The topological polar surface area (TPSA) is 39.3 Å². The van der Waals surface area contributed by atoms with Crippen LogP contribution in [-0.4, -0.2) is 52.9 Å². The minimum atomic E-state index is 0.313. The van der Waals surface area contributed by atoms with Crippen LogP contribution >= 0.6 is 0 Å². The molecule has 2 aliphatic rings. The SMILES string of the molecule is O=C(CCc1c[nH]c2ccccc12)N1CCN(C2CCCCC2)CC1. The van der Waals surface area contributed by atoms with Gasteiger partial charge >= 0.3 is 0 Å². The second-order valence-electron chi connectivity index (χ2n) is 7.57. The Labute approximate surface area is 150 Å². The molecule has 4 nitrogen and oxygen atoms in total. The predicted octanol–water partition coefficient (Wildman–Crippen LogP) is 3.58. The molecule has 1 aromatic heterocycles. The van der Waals surface area contributed by atoms with Gasteiger partial charge in [0.2, 0.25) is 5.91 Å². The number of carbonyl (C=O) groups is 1. The van der Waals surface area contributed by atoms with Gasteiger partial charge in [0.05, 0.1) is 0 Å². The van der Waals surface area contributed by atoms with Crippen LogP contribution in [0.5, 0.6) is 0 Å². The van der Waals surface area contributed by atoms with E-state index >= 15 is 0 Å². The van der Waals surface area contributed by atoms with Crippen molar-refractivity contribution in [3.63, 3.8) is 0 Å². The van der Waals surface area contributed by atoms with Gasteiger partial charge in [-0.2, -0.15) is 0 Å². The Morgan fingerprint density at radius 3 is 2.60 bits per heavy atom. The van der Waals surface area contributed by atoms with Gasteiger partial charge in [-0.25, -0.2) is 0 Å². The minimum Gasteiger partial charge on any atom is -0.361 e. The highest BCUT2D eigenvalue weighted by atomic mass is 16.2. The van der Waals surface area contributed by atoms with Gasteiger partial charge in [-0.05, 0) is 30.9 Å². The molecule has 1 amide bonds. The van der Waals surface area contributed by atoms with Crippen LogP contribution in [0.3, 0.4) is 0 Å². The fourth-order valence-electron chi connectivity index (χ4n) is 4.52. The number of H-pyrrole nitrogens is 1. The summed E-state index contributed by atoms with van der Waals surface area (Å²) in [4.78, 5) is 20.6. The van der Waals surface area contributed by atoms with Gasteiger partial charge < -0.3 is 9.88 Å². The van der Waals surface area contributed by atoms with E-state index in [1.54, 1.807) is 0 Å². The lowest BCUT2D eigenvalue weighted by Crippen LogP contribution is -2.52. The number of carbonyl (C=O) groups excluding carboxylic acids is 1. The summed E-state index contributed by atoms with van der Waals surface area (Å²) in [5.41, 5.74) is 2.41. The van der Waals surface area contributed by atoms with Gasteiger partial charge in [0.1, 0.15) is 0 Å². The van der Waals surface area contributed by atoms with Crippen molar-refractivity contribution in [1.82, 2.24) is 14.8 Å². The first-order valence-electron chi connectivity index (χ1n) is 9.88. The van der Waals surface area contributed by atoms with E-state index in [0.29, 0.717) is 12.3 Å². The van der Waals surface area contributed by atoms with E-state index < -0.39 is 0 Å². The number of rotatable bonds is 4. The Kier molecular flexibility index (Phi) is 5.07. The number of aryl methyl sites for hydroxylation is 1. The molecule has 1 N–H and O–H groups in total. The molecule has 0 radical (unpaired) electrons. The Bertz CT molecular complexity index is 709. The zero-order valence-electron chi connectivity index (χ0n) is 15.0. The summed E-state index contributed by atoms with van der Waals surface area (Å²) in [6.45, 7) is 3.93. The van der Waals surface area contributed by atoms with E-state index in [-0.39, 0.29) is 0 Å². The molecule has 25 heavy (non-hydrogen) atoms. The van der Waals surface area contributed by atoms with Crippen LogP contribution in [0.15, 0.2) is 30.5 Å². The highest BCUT2D eigenvalue weighted by molar-refractivity contribution is 5.84. The van der Waals surface area contributed by atoms with Crippen LogP contribution in [0, 0.1) is 0 Å². The van der Waals surface area contributed by atoms with Crippen LogP contribution < -0.4 is 0 Å². The van der Waals surface area contributed by atoms with Crippen LogP contribution in [0.1, 0.15) is 44.1 Å². The third-order valence-corrected chi connectivity index (χ3v) is 6.04. The molecule has 134 valence electrons. The maximum Gasteiger partial charge on any atom is 0.222 e. The lowest BCUT2D eigenvalue weighted by molar-refractivity contribution is -0.133. The Hall–Kier alpha value is -1.81. The van der Waals surface area contributed by atoms with Crippen LogP contribution in [0.25, 0.3) is 10.9 Å². The van der Waals surface area contributed by atoms with Gasteiger partial charge in [-0.15, -0.1) is 0 Å². The molecule has 4 rings (SSSR count). The van der Waals surface area contributed by atoms with Crippen molar-refractivity contribution >= 4 is 16.8 Å². The van der Waals surface area contributed by atoms with Crippen molar-refractivity contribution in [2.75, 3.05) is 26.2 Å². The second kappa shape index (κ2) is 7.61. The number of fused-ring (bicyclic) bond motifs is 1. The van der Waals surface area contributed by atoms with E-state index in [4.69, 9.17) is 0 Å². The molecule has 0 atom stereocenters. The molecule has 1 aliphatic carbocycles. The summed E-state index contributed by atoms with van der Waals surface area (Å²) in [7, 11) is 0. The molecular weight excluding hydrogens is 310 g/mol. The molecule has 1 saturated heterocycles. The van der Waals surface area contributed by atoms with Crippen molar-refractivity contribution < 1.29 is 4.79 Å². The van der Waals surface area contributed by atoms with Crippen LogP contribution in [0.2, 0.25) is 0 Å². The summed E-state index contributed by atoms with van der Waals surface area (Å²) in [5, 5.41) is 1.25. The Balaban J connectivity index is 1.27. The fourth-order valence-corrected chi connectivity index (χ4v) is 4.52. The van der Waals surface area contributed by atoms with Gasteiger partial charge in [0, 0.05) is 55.7 Å². The van der Waals surface area contributed by atoms with Crippen molar-refractivity contribution in [2.24, 2.45) is 0 Å². The summed E-state index contributed by atoms with van der Waals surface area (Å²) in [5.74, 6) is 0.313. The number of benzene rings is 1. The fraction of sp³-hybridized carbons (Fsp3) is 0.571. The monoisotopic (exact) mass is 339 g/mol. The van der Waals surface area contributed by atoms with Crippen molar-refractivity contribution in [1.29, 1.82) is 0 Å². The summed E-state index contributed by atoms with van der Waals surface area (Å²) >= 11 is 0. The number of aromatic amines is 1. The number of nitrogens with zero attached hydrogens (tertiary/aromatic N) is 2. The largest absolute Gasteiger partial charge is 0.361 e. The van der Waals surface area contributed by atoms with Crippen LogP contribution in [0.4, 0.5) is 0 Å². The molecule has 2 aromatic rings. The lowest BCUT2D eigenvalue weighted by Gasteiger charge is -2.40. The predicted molar refractivity (Wildman–Crippen MR) is 102 cm³/mol. The Morgan fingerprint density at radius 1 is 1.04 bits per heavy atom. The molecule has 2 fully saturated rings. The molecular formula is C21H29N3O. The highest BCUT2D eigenvalue weighted by Gasteiger charge is 2.26. The van der Waals surface area contributed by atoms with E-state index in [0.717, 1.165) is 44.2 Å². The third-order valence-electron chi connectivity index (χ3n) is 6.04. The molecule has 0 spiro atoms. The zero-order chi connectivity index (χ0) is 17.1. The zero-order valence-corrected chi connectivity index (χ0v) is 15.0. The van der Waals surface area contributed by atoms with Crippen LogP contribution in [-0.2, 0) is 11.2 Å². The summed E-state index contributed by atoms with van der Waals surface area (Å²) < 4.78 is 0. The molecule has 1 aliphatic heterocycles. The van der Waals surface area contributed by atoms with Crippen molar-refractivity contribution in [2.45, 2.75) is 51.0 Å². The minimum absolute atomic E-state index is 0.313. The first-order valence-corrected chi connectivity index (χ1v) is 9.88. The Morgan fingerprint density at radius 2 is 1.80 bits per heavy atom. The molecule has 1 aromatic carbocycles. The molecule has 2 heterocycles. The van der Waals surface area contributed by atoms with Gasteiger partial charge in [-0.3, -0.25) is 9.69 Å². The number of para-hydroxylation sites is 1. The number of hydrogen-bond donors (Lipinski definition) is 1. The third kappa shape index (κ3) is 3.74. The second-order valence-corrected chi connectivity index (χ2v) is 7.57. The van der Waals surface area contributed by atoms with Gasteiger partial charge in [0.15, 0.2) is 0 Å². The standard InChI is InChI=1S/C21H29N3O/c25-21(11-10-17-16-22-20-9-5-4-8-19(17)20)24-14-12-23(13-15-24)18-6-2-1-3-7-18/h4-5,8-9,16,18,22H,1-3,6-7,10-15H2. The van der Waals surface area contributed by atoms with E-state index in [9.17, 15) is 4.79 Å². The molecule has 1 saturated carbocycles. The number of hydrogen-bond acceptors (Lipinski definition) is 2. The van der Waals surface area contributed by atoms with Crippen molar-refractivity contribution in [3.05, 3.63) is 36.0 Å². The quantitative estimate of drug-likeness (QED) is 0.925. The lowest BCUT2D eigenvalue weighted by atomic mass is 9.94. The van der Waals surface area contributed by atoms with E-state index in [1.165, 1.54) is 43.1 Å². The number of aromatic nitrogens is 1. The average molecular weight is 339 g/mol. The van der Waals surface area contributed by atoms with E-state index in [2.05, 4.69) is 39.2 Å². The first kappa shape index (κ1) is 16.6. The maximum absolute atomic E-state index is 12.6. The van der Waals surface area contributed by atoms with E-state index in [1.807, 2.05) is 6.07 Å². The number of amides is 1. The van der Waals surface area contributed by atoms with Crippen molar-refractivity contribution in [3.8, 4) is 0 Å². The maximum atomic E-state index is 12.6. The number of piperazine rings is 1. The highest BCUT2D eigenvalue weighted by Crippen LogP contribution is 2.24. The first-order chi connectivity index (χ1) is 12.3. The molecule has 0 unspecified atom stereocenters. The van der Waals surface area contributed by atoms with Gasteiger partial charge in [0.25, 0.3) is 0 Å². The van der Waals surface area contributed by atoms with Gasteiger partial charge in [-0.1, -0.05) is 37.5 Å². The molecule has 4 heteroatoms. The number of nitrogens with one attached hydrogen (secondary N) is 1. The summed E-state index contributed by atoms with van der Waals surface area (Å²) in [6, 6.07) is 9.10. The smallest absolute Gasteiger partial charge is 0.222 e. The normalized spacial score (nSPS) is 20.2. The summed E-state index contributed by atoms with van der Waals surface area (Å²) in [6.07, 6.45) is 10.4. The molecule has 0 bridgehead atoms. The average Bonchev–Trinajstić information content (AvgIpc) is 3.10.